The molecule has 1 aromatic rings. The molecule has 1 aromatic heterocycles. The summed E-state index contributed by atoms with van der Waals surface area (Å²) in [6.07, 6.45) is 4.36. The molecule has 1 atom stereocenters. The molecule has 2 N–H and O–H groups in total. The first-order valence-corrected chi connectivity index (χ1v) is 7.77. The van der Waals surface area contributed by atoms with Gasteiger partial charge in [-0.05, 0) is 26.2 Å². The van der Waals surface area contributed by atoms with Crippen molar-refractivity contribution in [3.63, 3.8) is 0 Å². The molecule has 0 radical (unpaired) electrons. The quantitative estimate of drug-likeness (QED) is 0.382. The Balaban J connectivity index is 0.00000441. The van der Waals surface area contributed by atoms with Gasteiger partial charge >= 0.3 is 0 Å². The van der Waals surface area contributed by atoms with Gasteiger partial charge in [0.15, 0.2) is 11.8 Å². The molecule has 1 rings (SSSR count). The highest BCUT2D eigenvalue weighted by Crippen LogP contribution is 2.08. The maximum atomic E-state index is 5.07. The van der Waals surface area contributed by atoms with Gasteiger partial charge in [-0.15, -0.1) is 24.0 Å². The monoisotopic (exact) mass is 423 g/mol. The molecule has 0 spiro atoms. The number of aromatic nitrogens is 2. The summed E-state index contributed by atoms with van der Waals surface area (Å²) >= 11 is 0. The average molecular weight is 423 g/mol. The molecule has 1 heterocycles. The van der Waals surface area contributed by atoms with Crippen LogP contribution in [0, 0.1) is 12.8 Å². The van der Waals surface area contributed by atoms with Crippen LogP contribution in [0.25, 0.3) is 0 Å². The van der Waals surface area contributed by atoms with Crippen molar-refractivity contribution in [2.24, 2.45) is 10.9 Å². The van der Waals surface area contributed by atoms with Crippen molar-refractivity contribution in [1.82, 2.24) is 20.8 Å². The predicted molar refractivity (Wildman–Crippen MR) is 101 cm³/mol. The van der Waals surface area contributed by atoms with Gasteiger partial charge in [0, 0.05) is 26.1 Å². The molecule has 1 unspecified atom stereocenters. The van der Waals surface area contributed by atoms with Gasteiger partial charge in [-0.1, -0.05) is 31.8 Å². The van der Waals surface area contributed by atoms with Crippen molar-refractivity contribution < 1.29 is 4.52 Å². The molecule has 0 aliphatic rings. The van der Waals surface area contributed by atoms with E-state index in [9.17, 15) is 0 Å². The summed E-state index contributed by atoms with van der Waals surface area (Å²) in [5, 5.41) is 10.4. The second-order valence-electron chi connectivity index (χ2n) is 5.85. The van der Waals surface area contributed by atoms with E-state index < -0.39 is 0 Å². The van der Waals surface area contributed by atoms with Gasteiger partial charge < -0.3 is 15.2 Å². The van der Waals surface area contributed by atoms with Crippen LogP contribution < -0.4 is 10.6 Å². The SMILES string of the molecule is CN=C(NCCc1nc(C)no1)NC(C)CCCC(C)C.I. The van der Waals surface area contributed by atoms with Crippen LogP contribution in [0.4, 0.5) is 0 Å². The molecule has 22 heavy (non-hydrogen) atoms. The van der Waals surface area contributed by atoms with E-state index in [1.807, 2.05) is 6.92 Å². The van der Waals surface area contributed by atoms with Crippen LogP contribution in [0.2, 0.25) is 0 Å². The van der Waals surface area contributed by atoms with Gasteiger partial charge in [-0.25, -0.2) is 0 Å². The fourth-order valence-corrected chi connectivity index (χ4v) is 2.06. The van der Waals surface area contributed by atoms with Crippen LogP contribution in [0.3, 0.4) is 0 Å². The Hall–Kier alpha value is -0.860. The first-order chi connectivity index (χ1) is 10.0. The van der Waals surface area contributed by atoms with Gasteiger partial charge in [-0.3, -0.25) is 4.99 Å². The number of aliphatic imine (C=N–C) groups is 1. The number of rotatable bonds is 8. The lowest BCUT2D eigenvalue weighted by atomic mass is 10.0. The number of guanidine groups is 1. The first kappa shape index (κ1) is 21.1. The summed E-state index contributed by atoms with van der Waals surface area (Å²) in [4.78, 5) is 8.41. The summed E-state index contributed by atoms with van der Waals surface area (Å²) in [5.74, 6) is 2.92. The average Bonchev–Trinajstić information content (AvgIpc) is 2.83. The normalized spacial score (nSPS) is 12.9. The molecule has 0 bridgehead atoms. The zero-order chi connectivity index (χ0) is 15.7. The smallest absolute Gasteiger partial charge is 0.228 e. The highest BCUT2D eigenvalue weighted by Gasteiger charge is 2.07. The predicted octanol–water partition coefficient (Wildman–Crippen LogP) is 2.92. The third kappa shape index (κ3) is 9.22. The minimum absolute atomic E-state index is 0. The highest BCUT2D eigenvalue weighted by molar-refractivity contribution is 14.0. The lowest BCUT2D eigenvalue weighted by Gasteiger charge is -2.18. The molecule has 0 aliphatic heterocycles. The third-order valence-corrected chi connectivity index (χ3v) is 3.23. The van der Waals surface area contributed by atoms with Crippen LogP contribution in [0.5, 0.6) is 0 Å². The summed E-state index contributed by atoms with van der Waals surface area (Å²) in [6, 6.07) is 0.417. The number of aryl methyl sites for hydroxylation is 1. The fourth-order valence-electron chi connectivity index (χ4n) is 2.06. The Bertz CT molecular complexity index is 433. The number of halogens is 1. The molecule has 0 fully saturated rings. The molecular weight excluding hydrogens is 393 g/mol. The number of hydrogen-bond donors (Lipinski definition) is 2. The van der Waals surface area contributed by atoms with E-state index in [1.165, 1.54) is 12.8 Å². The lowest BCUT2D eigenvalue weighted by Crippen LogP contribution is -2.42. The number of nitrogens with one attached hydrogen (secondary N) is 2. The Morgan fingerprint density at radius 3 is 2.55 bits per heavy atom. The van der Waals surface area contributed by atoms with E-state index in [4.69, 9.17) is 4.52 Å². The van der Waals surface area contributed by atoms with Crippen molar-refractivity contribution in [3.05, 3.63) is 11.7 Å². The molecule has 0 saturated carbocycles. The van der Waals surface area contributed by atoms with Gasteiger partial charge in [0.05, 0.1) is 0 Å². The van der Waals surface area contributed by atoms with Gasteiger partial charge in [0.25, 0.3) is 0 Å². The molecular formula is C15H30IN5O. The van der Waals surface area contributed by atoms with E-state index in [0.717, 1.165) is 24.8 Å². The minimum atomic E-state index is 0. The fraction of sp³-hybridized carbons (Fsp3) is 0.800. The van der Waals surface area contributed by atoms with Gasteiger partial charge in [0.2, 0.25) is 5.89 Å². The molecule has 6 nitrogen and oxygen atoms in total. The van der Waals surface area contributed by atoms with Gasteiger partial charge in [-0.2, -0.15) is 4.98 Å². The molecule has 0 aliphatic carbocycles. The van der Waals surface area contributed by atoms with Crippen LogP contribution in [0.15, 0.2) is 9.52 Å². The first-order valence-electron chi connectivity index (χ1n) is 7.77. The largest absolute Gasteiger partial charge is 0.356 e. The molecule has 0 saturated heterocycles. The zero-order valence-electron chi connectivity index (χ0n) is 14.3. The molecule has 0 amide bonds. The van der Waals surface area contributed by atoms with Crippen molar-refractivity contribution in [3.8, 4) is 0 Å². The second kappa shape index (κ2) is 11.7. The number of nitrogens with zero attached hydrogens (tertiary/aromatic N) is 3. The van der Waals surface area contributed by atoms with E-state index in [2.05, 4.69) is 46.5 Å². The number of hydrogen-bond acceptors (Lipinski definition) is 4. The summed E-state index contributed by atoms with van der Waals surface area (Å²) in [6.45, 7) is 9.25. The molecule has 128 valence electrons. The Labute approximate surface area is 150 Å². The van der Waals surface area contributed by atoms with Gasteiger partial charge in [0.1, 0.15) is 0 Å². The van der Waals surface area contributed by atoms with Crippen molar-refractivity contribution in [2.75, 3.05) is 13.6 Å². The summed E-state index contributed by atoms with van der Waals surface area (Å²) in [7, 11) is 1.78. The Morgan fingerprint density at radius 2 is 2.00 bits per heavy atom. The van der Waals surface area contributed by atoms with E-state index in [-0.39, 0.29) is 24.0 Å². The van der Waals surface area contributed by atoms with Crippen molar-refractivity contribution in [1.29, 1.82) is 0 Å². The summed E-state index contributed by atoms with van der Waals surface area (Å²) < 4.78 is 5.07. The minimum Gasteiger partial charge on any atom is -0.356 e. The van der Waals surface area contributed by atoms with Crippen molar-refractivity contribution >= 4 is 29.9 Å². The zero-order valence-corrected chi connectivity index (χ0v) is 16.7. The second-order valence-corrected chi connectivity index (χ2v) is 5.85. The molecule has 7 heteroatoms. The maximum Gasteiger partial charge on any atom is 0.228 e. The van der Waals surface area contributed by atoms with Crippen molar-refractivity contribution in [2.45, 2.75) is 59.4 Å². The lowest BCUT2D eigenvalue weighted by molar-refractivity contribution is 0.374. The van der Waals surface area contributed by atoms with E-state index in [1.54, 1.807) is 7.05 Å². The third-order valence-electron chi connectivity index (χ3n) is 3.23. The maximum absolute atomic E-state index is 5.07. The standard InChI is InChI=1S/C15H29N5O.HI/c1-11(2)7-6-8-12(3)18-15(16-5)17-10-9-14-19-13(4)20-21-14;/h11-12H,6-10H2,1-5H3,(H2,16,17,18);1H. The van der Waals surface area contributed by atoms with E-state index >= 15 is 0 Å². The Kier molecular flexibility index (Phi) is 11.2. The Morgan fingerprint density at radius 1 is 1.27 bits per heavy atom. The summed E-state index contributed by atoms with van der Waals surface area (Å²) in [5.41, 5.74) is 0. The van der Waals surface area contributed by atoms with E-state index in [0.29, 0.717) is 24.2 Å². The topological polar surface area (TPSA) is 75.3 Å². The molecule has 0 aromatic carbocycles. The van der Waals surface area contributed by atoms with Crippen LogP contribution in [-0.4, -0.2) is 35.7 Å². The van der Waals surface area contributed by atoms with Crippen LogP contribution in [-0.2, 0) is 6.42 Å². The van der Waals surface area contributed by atoms with Crippen LogP contribution >= 0.6 is 24.0 Å². The highest BCUT2D eigenvalue weighted by atomic mass is 127. The van der Waals surface area contributed by atoms with Crippen LogP contribution in [0.1, 0.15) is 51.7 Å².